The van der Waals surface area contributed by atoms with Crippen molar-refractivity contribution in [3.8, 4) is 5.75 Å². The van der Waals surface area contributed by atoms with Gasteiger partial charge in [0.15, 0.2) is 0 Å². The molecule has 1 fully saturated rings. The molecule has 0 spiro atoms. The number of ether oxygens (including phenoxy) is 2. The van der Waals surface area contributed by atoms with Crippen molar-refractivity contribution in [1.82, 2.24) is 9.80 Å². The third-order valence-corrected chi connectivity index (χ3v) is 5.79. The molecule has 0 saturated carbocycles. The highest BCUT2D eigenvalue weighted by Gasteiger charge is 2.27. The third-order valence-electron chi connectivity index (χ3n) is 5.79. The Hall–Kier alpha value is -3.22. The van der Waals surface area contributed by atoms with E-state index in [2.05, 4.69) is 36.5 Å². The average molecular weight is 482 g/mol. The molecule has 2 aromatic carbocycles. The van der Waals surface area contributed by atoms with E-state index in [1.165, 1.54) is 11.1 Å². The van der Waals surface area contributed by atoms with E-state index in [1.807, 2.05) is 45.0 Å². The highest BCUT2D eigenvalue weighted by molar-refractivity contribution is 5.89. The summed E-state index contributed by atoms with van der Waals surface area (Å²) in [7, 11) is 0. The average Bonchev–Trinajstić information content (AvgIpc) is 2.81. The van der Waals surface area contributed by atoms with Crippen LogP contribution in [-0.4, -0.2) is 60.3 Å². The number of carbonyl (C=O) groups excluding carboxylic acids is 2. The first-order valence-corrected chi connectivity index (χ1v) is 12.5. The Morgan fingerprint density at radius 2 is 1.60 bits per heavy atom. The van der Waals surface area contributed by atoms with E-state index in [1.54, 1.807) is 9.80 Å². The van der Waals surface area contributed by atoms with Crippen molar-refractivity contribution in [2.24, 2.45) is 0 Å². The second-order valence-electron chi connectivity index (χ2n) is 10.1. The molecule has 1 saturated heterocycles. The van der Waals surface area contributed by atoms with Crippen LogP contribution >= 0.6 is 0 Å². The molecule has 0 atom stereocenters. The van der Waals surface area contributed by atoms with Gasteiger partial charge < -0.3 is 24.6 Å². The minimum atomic E-state index is -0.520. The van der Waals surface area contributed by atoms with Crippen molar-refractivity contribution in [3.05, 3.63) is 59.7 Å². The zero-order valence-corrected chi connectivity index (χ0v) is 21.5. The Labute approximate surface area is 209 Å². The fourth-order valence-corrected chi connectivity index (χ4v) is 3.88. The van der Waals surface area contributed by atoms with E-state index < -0.39 is 5.60 Å². The van der Waals surface area contributed by atoms with Crippen LogP contribution in [0, 0.1) is 6.92 Å². The lowest BCUT2D eigenvalue weighted by Gasteiger charge is -2.35. The lowest BCUT2D eigenvalue weighted by Crippen LogP contribution is -2.52. The van der Waals surface area contributed by atoms with Crippen molar-refractivity contribution in [2.45, 2.75) is 59.0 Å². The molecule has 2 aromatic rings. The summed E-state index contributed by atoms with van der Waals surface area (Å²) < 4.78 is 11.2. The molecule has 190 valence electrons. The van der Waals surface area contributed by atoms with E-state index in [0.717, 1.165) is 43.7 Å². The number of anilines is 1. The van der Waals surface area contributed by atoms with Crippen molar-refractivity contribution in [1.29, 1.82) is 0 Å². The minimum absolute atomic E-state index is 0.143. The maximum atomic E-state index is 12.6. The molecule has 1 aliphatic heterocycles. The van der Waals surface area contributed by atoms with Gasteiger partial charge in [-0.25, -0.2) is 9.59 Å². The first kappa shape index (κ1) is 26.4. The number of urea groups is 1. The Morgan fingerprint density at radius 3 is 2.26 bits per heavy atom. The van der Waals surface area contributed by atoms with Crippen LogP contribution in [0.15, 0.2) is 48.5 Å². The lowest BCUT2D eigenvalue weighted by molar-refractivity contribution is 0.0174. The molecule has 0 unspecified atom stereocenters. The summed E-state index contributed by atoms with van der Waals surface area (Å²) in [4.78, 5) is 28.2. The highest BCUT2D eigenvalue weighted by atomic mass is 16.6. The number of aryl methyl sites for hydroxylation is 2. The summed E-state index contributed by atoms with van der Waals surface area (Å²) >= 11 is 0. The lowest BCUT2D eigenvalue weighted by atomic mass is 10.1. The van der Waals surface area contributed by atoms with Gasteiger partial charge in [0.05, 0.1) is 6.61 Å². The van der Waals surface area contributed by atoms with Crippen LogP contribution in [0.25, 0.3) is 0 Å². The largest absolute Gasteiger partial charge is 0.494 e. The van der Waals surface area contributed by atoms with Gasteiger partial charge in [-0.3, -0.25) is 0 Å². The van der Waals surface area contributed by atoms with Gasteiger partial charge in [0.2, 0.25) is 0 Å². The molecule has 0 aliphatic carbocycles. The highest BCUT2D eigenvalue weighted by Crippen LogP contribution is 2.16. The molecule has 7 heteroatoms. The molecule has 35 heavy (non-hydrogen) atoms. The van der Waals surface area contributed by atoms with E-state index in [0.29, 0.717) is 26.2 Å². The van der Waals surface area contributed by atoms with Crippen LogP contribution in [-0.2, 0) is 11.2 Å². The molecule has 0 bridgehead atoms. The number of unbranched alkanes of at least 4 members (excludes halogenated alkanes) is 2. The van der Waals surface area contributed by atoms with E-state index >= 15 is 0 Å². The van der Waals surface area contributed by atoms with Crippen LogP contribution in [0.2, 0.25) is 0 Å². The van der Waals surface area contributed by atoms with Crippen molar-refractivity contribution in [2.75, 3.05) is 38.1 Å². The number of carbonyl (C=O) groups is 2. The summed E-state index contributed by atoms with van der Waals surface area (Å²) in [5.41, 5.74) is 2.73. The molecule has 7 nitrogen and oxygen atoms in total. The van der Waals surface area contributed by atoms with E-state index in [4.69, 9.17) is 9.47 Å². The van der Waals surface area contributed by atoms with Gasteiger partial charge in [-0.05, 0) is 88.8 Å². The third kappa shape index (κ3) is 9.15. The molecule has 3 amide bonds. The number of nitrogens with zero attached hydrogens (tertiary/aromatic N) is 2. The Bertz CT molecular complexity index is 961. The summed E-state index contributed by atoms with van der Waals surface area (Å²) in [6, 6.07) is 16.0. The van der Waals surface area contributed by atoms with Crippen LogP contribution < -0.4 is 10.1 Å². The van der Waals surface area contributed by atoms with Crippen molar-refractivity contribution in [3.63, 3.8) is 0 Å². The maximum Gasteiger partial charge on any atom is 0.410 e. The molecule has 1 N–H and O–H groups in total. The van der Waals surface area contributed by atoms with Gasteiger partial charge in [-0.15, -0.1) is 0 Å². The molecule has 0 radical (unpaired) electrons. The smallest absolute Gasteiger partial charge is 0.410 e. The van der Waals surface area contributed by atoms with Crippen molar-refractivity contribution >= 4 is 17.8 Å². The van der Waals surface area contributed by atoms with Crippen LogP contribution in [0.4, 0.5) is 15.3 Å². The number of benzene rings is 2. The minimum Gasteiger partial charge on any atom is -0.494 e. The zero-order valence-electron chi connectivity index (χ0n) is 21.5. The standard InChI is InChI=1S/C28H39N3O4/c1-22-9-8-11-25(21-22)34-20-7-5-6-10-23-12-14-24(15-13-23)29-26(32)30-16-18-31(19-17-30)27(33)35-28(2,3)4/h8-9,11-15,21H,5-7,10,16-20H2,1-4H3,(H,29,32). The summed E-state index contributed by atoms with van der Waals surface area (Å²) in [6.07, 6.45) is 3.92. The predicted molar refractivity (Wildman–Crippen MR) is 139 cm³/mol. The Morgan fingerprint density at radius 1 is 0.914 bits per heavy atom. The number of piperazine rings is 1. The van der Waals surface area contributed by atoms with E-state index in [9.17, 15) is 9.59 Å². The first-order chi connectivity index (χ1) is 16.7. The second kappa shape index (κ2) is 12.5. The summed E-state index contributed by atoms with van der Waals surface area (Å²) in [5.74, 6) is 0.938. The maximum absolute atomic E-state index is 12.6. The van der Waals surface area contributed by atoms with Crippen LogP contribution in [0.3, 0.4) is 0 Å². The SMILES string of the molecule is Cc1cccc(OCCCCCc2ccc(NC(=O)N3CCN(C(=O)OC(C)(C)C)CC3)cc2)c1. The Balaban J connectivity index is 1.32. The number of hydrogen-bond donors (Lipinski definition) is 1. The number of nitrogens with one attached hydrogen (secondary N) is 1. The van der Waals surface area contributed by atoms with Crippen LogP contribution in [0.1, 0.15) is 51.2 Å². The fourth-order valence-electron chi connectivity index (χ4n) is 3.88. The molecular weight excluding hydrogens is 442 g/mol. The van der Waals surface area contributed by atoms with Gasteiger partial charge in [0, 0.05) is 31.9 Å². The number of hydrogen-bond acceptors (Lipinski definition) is 4. The molecular formula is C28H39N3O4. The number of rotatable bonds is 8. The fraction of sp³-hybridized carbons (Fsp3) is 0.500. The second-order valence-corrected chi connectivity index (χ2v) is 10.1. The normalized spacial score (nSPS) is 13.9. The number of amides is 3. The van der Waals surface area contributed by atoms with Crippen molar-refractivity contribution < 1.29 is 19.1 Å². The predicted octanol–water partition coefficient (Wildman–Crippen LogP) is 5.87. The Kier molecular flexibility index (Phi) is 9.40. The van der Waals surface area contributed by atoms with Gasteiger partial charge in [-0.2, -0.15) is 0 Å². The van der Waals surface area contributed by atoms with Gasteiger partial charge in [-0.1, -0.05) is 24.3 Å². The monoisotopic (exact) mass is 481 g/mol. The zero-order chi connectivity index (χ0) is 25.3. The molecule has 3 rings (SSSR count). The summed E-state index contributed by atoms with van der Waals surface area (Å²) in [6.45, 7) is 10.3. The van der Waals surface area contributed by atoms with Gasteiger partial charge in [0.1, 0.15) is 11.4 Å². The topological polar surface area (TPSA) is 71.1 Å². The van der Waals surface area contributed by atoms with E-state index in [-0.39, 0.29) is 12.1 Å². The van der Waals surface area contributed by atoms with Gasteiger partial charge in [0.25, 0.3) is 0 Å². The molecule has 1 aliphatic rings. The van der Waals surface area contributed by atoms with Crippen LogP contribution in [0.5, 0.6) is 5.75 Å². The molecule has 0 aromatic heterocycles. The quantitative estimate of drug-likeness (QED) is 0.479. The van der Waals surface area contributed by atoms with Gasteiger partial charge >= 0.3 is 12.1 Å². The first-order valence-electron chi connectivity index (χ1n) is 12.5. The molecule has 1 heterocycles. The summed E-state index contributed by atoms with van der Waals surface area (Å²) in [5, 5.41) is 2.96.